The van der Waals surface area contributed by atoms with Crippen LogP contribution in [0.3, 0.4) is 0 Å². The Labute approximate surface area is 317 Å². The van der Waals surface area contributed by atoms with Crippen LogP contribution < -0.4 is 10.6 Å². The fraction of sp³-hybridized carbons (Fsp3) is 0.452. The summed E-state index contributed by atoms with van der Waals surface area (Å²) >= 11 is 0. The van der Waals surface area contributed by atoms with E-state index in [1.54, 1.807) is 4.90 Å². The zero-order valence-corrected chi connectivity index (χ0v) is 32.6. The summed E-state index contributed by atoms with van der Waals surface area (Å²) in [7, 11) is 1.29. The highest BCUT2D eigenvalue weighted by Crippen LogP contribution is 2.38. The Morgan fingerprint density at radius 2 is 1.56 bits per heavy atom. The van der Waals surface area contributed by atoms with Crippen molar-refractivity contribution in [3.8, 4) is 22.4 Å². The molecule has 1 unspecified atom stereocenters. The number of H-pyrrole nitrogens is 1. The molecular weight excluding hydrogens is 683 g/mol. The number of aliphatic imine (C=N–C) groups is 1. The lowest BCUT2D eigenvalue weighted by molar-refractivity contribution is -0.134. The van der Waals surface area contributed by atoms with E-state index in [1.165, 1.54) is 7.11 Å². The van der Waals surface area contributed by atoms with Gasteiger partial charge in [0.2, 0.25) is 5.91 Å². The van der Waals surface area contributed by atoms with Gasteiger partial charge in [-0.2, -0.15) is 0 Å². The molecule has 3 heterocycles. The summed E-state index contributed by atoms with van der Waals surface area (Å²) in [5.41, 5.74) is 4.80. The summed E-state index contributed by atoms with van der Waals surface area (Å²) in [6.07, 6.45) is 2.16. The molecule has 2 aliphatic heterocycles. The number of hydrogen-bond acceptors (Lipinski definition) is 8. The van der Waals surface area contributed by atoms with E-state index in [0.717, 1.165) is 57.5 Å². The largest absolute Gasteiger partial charge is 0.453 e. The van der Waals surface area contributed by atoms with Crippen LogP contribution in [0, 0.1) is 17.8 Å². The molecule has 0 radical (unpaired) electrons. The smallest absolute Gasteiger partial charge is 0.410 e. The van der Waals surface area contributed by atoms with Crippen LogP contribution >= 0.6 is 0 Å². The van der Waals surface area contributed by atoms with Crippen molar-refractivity contribution >= 4 is 47.0 Å². The quantitative estimate of drug-likeness (QED) is 0.146. The molecule has 286 valence electrons. The van der Waals surface area contributed by atoms with Crippen molar-refractivity contribution < 1.29 is 23.9 Å². The molecule has 3 aromatic carbocycles. The van der Waals surface area contributed by atoms with Crippen molar-refractivity contribution in [2.75, 3.05) is 25.5 Å². The van der Waals surface area contributed by atoms with Crippen LogP contribution in [0.4, 0.5) is 21.0 Å². The van der Waals surface area contributed by atoms with Gasteiger partial charge in [-0.05, 0) is 104 Å². The summed E-state index contributed by atoms with van der Waals surface area (Å²) in [6, 6.07) is 17.8. The zero-order valence-electron chi connectivity index (χ0n) is 32.6. The highest BCUT2D eigenvalue weighted by molar-refractivity contribution is 5.91. The Bertz CT molecular complexity index is 2030. The number of aromatic nitrogens is 2. The minimum Gasteiger partial charge on any atom is -0.453 e. The van der Waals surface area contributed by atoms with Gasteiger partial charge in [-0.25, -0.2) is 14.6 Å². The van der Waals surface area contributed by atoms with Crippen LogP contribution in [0.2, 0.25) is 0 Å². The first-order chi connectivity index (χ1) is 25.6. The number of methoxy groups -OCH3 is 1. The number of carbonyl (C=O) groups excluding carboxylic acids is 3. The van der Waals surface area contributed by atoms with Gasteiger partial charge in [-0.3, -0.25) is 14.7 Å². The van der Waals surface area contributed by atoms with Crippen LogP contribution in [-0.2, 0) is 14.3 Å². The summed E-state index contributed by atoms with van der Waals surface area (Å²) in [5, 5.41) is 8.46. The average molecular weight is 736 g/mol. The van der Waals surface area contributed by atoms with Crippen molar-refractivity contribution in [3.63, 3.8) is 0 Å². The fourth-order valence-electron chi connectivity index (χ4n) is 7.53. The van der Waals surface area contributed by atoms with E-state index in [2.05, 4.69) is 77.6 Å². The molecule has 1 aromatic heterocycles. The molecule has 0 spiro atoms. The molecule has 0 aliphatic carbocycles. The van der Waals surface area contributed by atoms with Crippen LogP contribution in [0.25, 0.3) is 33.2 Å². The van der Waals surface area contributed by atoms with E-state index in [-0.39, 0.29) is 36.0 Å². The third kappa shape index (κ3) is 8.37. The first kappa shape index (κ1) is 38.3. The number of likely N-dealkylation sites (tertiary alicyclic amines) is 2. The second-order valence-corrected chi connectivity index (χ2v) is 16.2. The topological polar surface area (TPSA) is 141 Å². The fourth-order valence-corrected chi connectivity index (χ4v) is 7.53. The minimum absolute atomic E-state index is 0.125. The zero-order chi connectivity index (χ0) is 38.9. The molecule has 12 nitrogen and oxygen atoms in total. The summed E-state index contributed by atoms with van der Waals surface area (Å²) < 4.78 is 10.5. The summed E-state index contributed by atoms with van der Waals surface area (Å²) in [6.45, 7) is 18.7. The maximum Gasteiger partial charge on any atom is 0.410 e. The van der Waals surface area contributed by atoms with Crippen molar-refractivity contribution in [1.82, 2.24) is 25.1 Å². The molecule has 2 fully saturated rings. The second-order valence-electron chi connectivity index (χ2n) is 16.2. The van der Waals surface area contributed by atoms with Gasteiger partial charge in [0.1, 0.15) is 23.6 Å². The number of anilines is 1. The lowest BCUT2D eigenvalue weighted by atomic mass is 9.98. The molecule has 2 aliphatic rings. The van der Waals surface area contributed by atoms with Gasteiger partial charge in [0, 0.05) is 18.7 Å². The van der Waals surface area contributed by atoms with E-state index < -0.39 is 17.7 Å². The molecule has 5 atom stereocenters. The molecule has 3 N–H and O–H groups in total. The lowest BCUT2D eigenvalue weighted by Gasteiger charge is -2.32. The van der Waals surface area contributed by atoms with E-state index >= 15 is 0 Å². The molecule has 3 amide bonds. The van der Waals surface area contributed by atoms with E-state index in [0.29, 0.717) is 24.7 Å². The number of fused-ring (bicyclic) bond motifs is 1. The Morgan fingerprint density at radius 1 is 0.926 bits per heavy atom. The predicted octanol–water partition coefficient (Wildman–Crippen LogP) is 8.53. The Balaban J connectivity index is 1.21. The van der Waals surface area contributed by atoms with E-state index in [9.17, 15) is 14.4 Å². The Hall–Kier alpha value is -5.39. The van der Waals surface area contributed by atoms with Crippen LogP contribution in [0.5, 0.6) is 0 Å². The number of hydrogen-bond donors (Lipinski definition) is 3. The van der Waals surface area contributed by atoms with Gasteiger partial charge in [0.15, 0.2) is 0 Å². The molecule has 0 bridgehead atoms. The SMILES string of the molecule is C=Nc1ccc(-c2ccc3cc(-c4cnc([C@@H]5C[C@H](C)CN5C(=O)OC(C)(C)C)[nH]4)ccc3c2)cc1NC1C[C@H](C)CN1C(=O)[C@@H](NC(=O)OC)C(C)C. The van der Waals surface area contributed by atoms with Gasteiger partial charge in [0.05, 0.1) is 36.4 Å². The lowest BCUT2D eigenvalue weighted by Crippen LogP contribution is -2.53. The van der Waals surface area contributed by atoms with Crippen LogP contribution in [0.1, 0.15) is 73.2 Å². The molecule has 4 aromatic rings. The first-order valence-corrected chi connectivity index (χ1v) is 18.8. The van der Waals surface area contributed by atoms with Gasteiger partial charge in [0.25, 0.3) is 0 Å². The summed E-state index contributed by atoms with van der Waals surface area (Å²) in [4.78, 5) is 54.9. The second kappa shape index (κ2) is 15.5. The van der Waals surface area contributed by atoms with Gasteiger partial charge in [-0.15, -0.1) is 0 Å². The number of amides is 3. The normalized spacial score (nSPS) is 20.6. The van der Waals surface area contributed by atoms with Crippen molar-refractivity contribution in [3.05, 3.63) is 66.6 Å². The molecule has 0 saturated carbocycles. The van der Waals surface area contributed by atoms with Crippen LogP contribution in [-0.4, -0.2) is 82.6 Å². The highest BCUT2D eigenvalue weighted by Gasteiger charge is 2.39. The van der Waals surface area contributed by atoms with Gasteiger partial charge in [-0.1, -0.05) is 58.0 Å². The number of carbonyl (C=O) groups is 3. The number of rotatable bonds is 9. The Morgan fingerprint density at radius 3 is 2.22 bits per heavy atom. The third-order valence-corrected chi connectivity index (χ3v) is 10.2. The van der Waals surface area contributed by atoms with E-state index in [4.69, 9.17) is 14.5 Å². The summed E-state index contributed by atoms with van der Waals surface area (Å²) in [5.74, 6) is 1.08. The number of imidazole rings is 1. The van der Waals surface area contributed by atoms with Gasteiger partial charge >= 0.3 is 12.2 Å². The van der Waals surface area contributed by atoms with Crippen molar-refractivity contribution in [1.29, 1.82) is 0 Å². The maximum atomic E-state index is 13.8. The standard InChI is InChI=1S/C42H53N7O5/c1-24(2)37(47-40(51)53-9)39(50)49-23-26(4)17-36(49)45-33-20-30(14-15-32(33)43-8)28-10-11-29-19-31(13-12-27(29)18-28)34-21-44-38(46-34)35-16-25(3)22-48(35)41(52)54-42(5,6)7/h10-15,18-21,24-26,35-37,45H,8,16-17,22-23H2,1-7,9H3,(H,44,46)(H,47,51)/t25-,26-,35-,36?,37-/m0/s1. The first-order valence-electron chi connectivity index (χ1n) is 18.8. The highest BCUT2D eigenvalue weighted by atomic mass is 16.6. The number of nitrogens with one attached hydrogen (secondary N) is 3. The number of benzene rings is 3. The predicted molar refractivity (Wildman–Crippen MR) is 213 cm³/mol. The van der Waals surface area contributed by atoms with Crippen LogP contribution in [0.15, 0.2) is 65.8 Å². The molecule has 2 saturated heterocycles. The van der Waals surface area contributed by atoms with Gasteiger partial charge < -0.3 is 30.0 Å². The van der Waals surface area contributed by atoms with Crippen molar-refractivity contribution in [2.45, 2.75) is 85.2 Å². The molecule has 6 rings (SSSR count). The monoisotopic (exact) mass is 735 g/mol. The number of alkyl carbamates (subject to hydrolysis) is 1. The Kier molecular flexibility index (Phi) is 11.0. The number of ether oxygens (including phenoxy) is 2. The number of nitrogens with zero attached hydrogens (tertiary/aromatic N) is 4. The third-order valence-electron chi connectivity index (χ3n) is 10.2. The van der Waals surface area contributed by atoms with Crippen molar-refractivity contribution in [2.24, 2.45) is 22.7 Å². The molecule has 12 heteroatoms. The average Bonchev–Trinajstić information content (AvgIpc) is 3.87. The maximum absolute atomic E-state index is 13.8. The van der Waals surface area contributed by atoms with E-state index in [1.807, 2.05) is 63.9 Å². The number of aromatic amines is 1. The molecule has 54 heavy (non-hydrogen) atoms. The minimum atomic E-state index is -0.713. The molecular formula is C42H53N7O5.